The summed E-state index contributed by atoms with van der Waals surface area (Å²) in [5.74, 6) is -1.59. The molecule has 0 aliphatic heterocycles. The number of halogens is 3. The lowest BCUT2D eigenvalue weighted by atomic mass is 9.98. The normalized spacial score (nSPS) is 13.4. The number of unbranched alkanes of at least 4 members (excludes halogenated alkanes) is 1. The van der Waals surface area contributed by atoms with E-state index in [1.807, 2.05) is 11.9 Å². The molecule has 0 radical (unpaired) electrons. The minimum Gasteiger partial charge on any atom is -0.388 e. The van der Waals surface area contributed by atoms with Gasteiger partial charge in [0.15, 0.2) is 0 Å². The van der Waals surface area contributed by atoms with Crippen LogP contribution in [-0.2, 0) is 21.0 Å². The van der Waals surface area contributed by atoms with Crippen LogP contribution in [-0.4, -0.2) is 34.7 Å². The molecule has 172 valence electrons. The minimum atomic E-state index is -4.87. The highest BCUT2D eigenvalue weighted by molar-refractivity contribution is 7.93. The number of aliphatic hydroxyl groups is 1. The number of carbonyl (C=O) groups excluding carboxylic acids is 1. The molecule has 0 fully saturated rings. The van der Waals surface area contributed by atoms with Crippen molar-refractivity contribution in [3.8, 4) is 0 Å². The van der Waals surface area contributed by atoms with Crippen molar-refractivity contribution in [3.05, 3.63) is 44.1 Å². The molecule has 0 aliphatic rings. The van der Waals surface area contributed by atoms with Crippen LogP contribution in [0.25, 0.3) is 10.9 Å². The van der Waals surface area contributed by atoms with Crippen LogP contribution in [0.15, 0.2) is 21.7 Å². The van der Waals surface area contributed by atoms with Gasteiger partial charge >= 0.3 is 11.9 Å². The summed E-state index contributed by atoms with van der Waals surface area (Å²) in [6.45, 7) is 3.24. The highest BCUT2D eigenvalue weighted by atomic mass is 32.2. The Morgan fingerprint density at radius 1 is 1.26 bits per heavy atom. The lowest BCUT2D eigenvalue weighted by molar-refractivity contribution is -0.139. The lowest BCUT2D eigenvalue weighted by Gasteiger charge is -2.18. The topological polar surface area (TPSA) is 138 Å². The molecule has 9 nitrogen and oxygen atoms in total. The number of Topliss-reactive ketones (excluding diaryl/α,β-unsaturated/α-hetero) is 1. The number of alkyl halides is 3. The first-order chi connectivity index (χ1) is 14.3. The van der Waals surface area contributed by atoms with Gasteiger partial charge in [-0.1, -0.05) is 20.3 Å². The molecule has 13 heteroatoms. The number of benzene rings is 1. The average Bonchev–Trinajstić information content (AvgIpc) is 2.67. The monoisotopic (exact) mass is 465 g/mol. The van der Waals surface area contributed by atoms with E-state index >= 15 is 0 Å². The molecule has 3 N–H and O–H groups in total. The van der Waals surface area contributed by atoms with Crippen molar-refractivity contribution >= 4 is 26.7 Å². The maximum absolute atomic E-state index is 13.4. The Bertz CT molecular complexity index is 1200. The standard InChI is InChI=1S/C18H22F3N3O6S/c1-3-5-6-10(25)9-31(29,30)23-24-16(27)12-7-11(15(26)4-2)13(18(19,20)21)8-14(12)22-17(24)28/h7-8,15,23,26H,3-6,9H2,1-2H3,(H,22,28). The number of aliphatic hydroxyl groups excluding tert-OH is 1. The predicted molar refractivity (Wildman–Crippen MR) is 107 cm³/mol. The SMILES string of the molecule is CCCCC(=O)CS(=O)(=O)Nn1c(=O)[nH]c2cc(C(F)(F)F)c(C(O)CC)cc2c1=O. The number of aromatic nitrogens is 2. The molecule has 0 spiro atoms. The van der Waals surface area contributed by atoms with Crippen LogP contribution in [0.2, 0.25) is 0 Å². The first-order valence-electron chi connectivity index (χ1n) is 9.41. The van der Waals surface area contributed by atoms with Gasteiger partial charge in [0.2, 0.25) is 0 Å². The lowest BCUT2D eigenvalue weighted by Crippen LogP contribution is -2.45. The Balaban J connectivity index is 2.59. The first kappa shape index (κ1) is 24.6. The fraction of sp³-hybridized carbons (Fsp3) is 0.500. The fourth-order valence-electron chi connectivity index (χ4n) is 2.93. The average molecular weight is 465 g/mol. The van der Waals surface area contributed by atoms with Crippen molar-refractivity contribution < 1.29 is 31.5 Å². The van der Waals surface area contributed by atoms with E-state index in [0.29, 0.717) is 18.9 Å². The molecule has 0 saturated carbocycles. The first-order valence-corrected chi connectivity index (χ1v) is 11.1. The third-order valence-electron chi connectivity index (χ3n) is 4.51. The van der Waals surface area contributed by atoms with Gasteiger partial charge in [-0.15, -0.1) is 0 Å². The van der Waals surface area contributed by atoms with Gasteiger partial charge in [0.1, 0.15) is 11.5 Å². The molecule has 2 rings (SSSR count). The maximum Gasteiger partial charge on any atom is 0.416 e. The number of H-pyrrole nitrogens is 1. The molecule has 0 aliphatic carbocycles. The minimum absolute atomic E-state index is 0.00112. The van der Waals surface area contributed by atoms with E-state index in [0.717, 1.165) is 6.07 Å². The van der Waals surface area contributed by atoms with Crippen LogP contribution in [0.1, 0.15) is 56.8 Å². The Morgan fingerprint density at radius 3 is 2.45 bits per heavy atom. The van der Waals surface area contributed by atoms with Crippen LogP contribution in [0.3, 0.4) is 0 Å². The number of sulfonamides is 1. The zero-order valence-corrected chi connectivity index (χ0v) is 17.6. The van der Waals surface area contributed by atoms with E-state index in [-0.39, 0.29) is 17.5 Å². The highest BCUT2D eigenvalue weighted by Crippen LogP contribution is 2.36. The quantitative estimate of drug-likeness (QED) is 0.516. The number of hydrogen-bond donors (Lipinski definition) is 3. The van der Waals surface area contributed by atoms with E-state index in [1.54, 1.807) is 4.83 Å². The summed E-state index contributed by atoms with van der Waals surface area (Å²) < 4.78 is 64.6. The van der Waals surface area contributed by atoms with Gasteiger partial charge in [0, 0.05) is 6.42 Å². The van der Waals surface area contributed by atoms with Crippen molar-refractivity contribution in [2.24, 2.45) is 0 Å². The third-order valence-corrected chi connectivity index (χ3v) is 5.67. The second-order valence-electron chi connectivity index (χ2n) is 6.97. The van der Waals surface area contributed by atoms with Crippen molar-refractivity contribution in [2.75, 3.05) is 10.6 Å². The summed E-state index contributed by atoms with van der Waals surface area (Å²) in [5.41, 5.74) is -4.88. The highest BCUT2D eigenvalue weighted by Gasteiger charge is 2.35. The van der Waals surface area contributed by atoms with E-state index in [1.165, 1.54) is 6.92 Å². The zero-order valence-electron chi connectivity index (χ0n) is 16.7. The molecular weight excluding hydrogens is 443 g/mol. The summed E-state index contributed by atoms with van der Waals surface area (Å²) in [7, 11) is -4.43. The summed E-state index contributed by atoms with van der Waals surface area (Å²) in [6, 6.07) is 1.28. The van der Waals surface area contributed by atoms with Gasteiger partial charge < -0.3 is 10.1 Å². The van der Waals surface area contributed by atoms with E-state index < -0.39 is 67.1 Å². The molecule has 2 aromatic rings. The van der Waals surface area contributed by atoms with Gasteiger partial charge in [-0.2, -0.15) is 17.8 Å². The smallest absolute Gasteiger partial charge is 0.388 e. The number of ketones is 1. The number of hydrogen-bond acceptors (Lipinski definition) is 6. The molecule has 0 amide bonds. The number of fused-ring (bicyclic) bond motifs is 1. The van der Waals surface area contributed by atoms with Gasteiger partial charge in [-0.3, -0.25) is 9.59 Å². The van der Waals surface area contributed by atoms with Crippen molar-refractivity contribution in [3.63, 3.8) is 0 Å². The number of nitrogens with one attached hydrogen (secondary N) is 2. The maximum atomic E-state index is 13.4. The van der Waals surface area contributed by atoms with Crippen LogP contribution >= 0.6 is 0 Å². The number of rotatable bonds is 9. The van der Waals surface area contributed by atoms with E-state index in [9.17, 15) is 41.1 Å². The van der Waals surface area contributed by atoms with Crippen LogP contribution < -0.4 is 16.1 Å². The van der Waals surface area contributed by atoms with Crippen LogP contribution in [0.5, 0.6) is 0 Å². The number of aromatic amines is 1. The van der Waals surface area contributed by atoms with Gasteiger partial charge in [0.05, 0.1) is 22.6 Å². The molecule has 1 aromatic heterocycles. The van der Waals surface area contributed by atoms with Gasteiger partial charge in [-0.05, 0) is 30.5 Å². The summed E-state index contributed by atoms with van der Waals surface area (Å²) in [5, 5.41) is 9.53. The zero-order chi connectivity index (χ0) is 23.6. The fourth-order valence-corrected chi connectivity index (χ4v) is 4.01. The molecule has 0 saturated heterocycles. The molecule has 1 unspecified atom stereocenters. The van der Waals surface area contributed by atoms with Gasteiger partial charge in [0.25, 0.3) is 15.6 Å². The van der Waals surface area contributed by atoms with Crippen molar-refractivity contribution in [1.82, 2.24) is 9.66 Å². The molecule has 1 heterocycles. The van der Waals surface area contributed by atoms with Crippen LogP contribution in [0, 0.1) is 0 Å². The number of carbonyl (C=O) groups is 1. The molecule has 1 atom stereocenters. The molecule has 1 aromatic carbocycles. The molecule has 0 bridgehead atoms. The third kappa shape index (κ3) is 5.73. The summed E-state index contributed by atoms with van der Waals surface area (Å²) >= 11 is 0. The molecular formula is C18H22F3N3O6S. The molecule has 31 heavy (non-hydrogen) atoms. The Morgan fingerprint density at radius 2 is 1.90 bits per heavy atom. The van der Waals surface area contributed by atoms with Crippen LogP contribution in [0.4, 0.5) is 13.2 Å². The van der Waals surface area contributed by atoms with E-state index in [2.05, 4.69) is 0 Å². The van der Waals surface area contributed by atoms with Crippen molar-refractivity contribution in [2.45, 2.75) is 51.8 Å². The van der Waals surface area contributed by atoms with E-state index in [4.69, 9.17) is 0 Å². The summed E-state index contributed by atoms with van der Waals surface area (Å²) in [4.78, 5) is 40.3. The second-order valence-corrected chi connectivity index (χ2v) is 8.67. The second kappa shape index (κ2) is 9.22. The Kier molecular flexibility index (Phi) is 7.32. The van der Waals surface area contributed by atoms with Crippen molar-refractivity contribution in [1.29, 1.82) is 0 Å². The van der Waals surface area contributed by atoms with Gasteiger partial charge in [-0.25, -0.2) is 18.0 Å². The predicted octanol–water partition coefficient (Wildman–Crippen LogP) is 1.78. The Labute approximate surface area is 174 Å². The Hall–Kier alpha value is -2.67. The largest absolute Gasteiger partial charge is 0.416 e. The summed E-state index contributed by atoms with van der Waals surface area (Å²) in [6.07, 6.45) is -5.37. The number of nitrogens with zero attached hydrogens (tertiary/aromatic N) is 1.